The molecule has 100 valence electrons. The molecule has 1 unspecified atom stereocenters. The van der Waals surface area contributed by atoms with E-state index in [9.17, 15) is 0 Å². The van der Waals surface area contributed by atoms with Gasteiger partial charge in [-0.25, -0.2) is 0 Å². The summed E-state index contributed by atoms with van der Waals surface area (Å²) in [6.07, 6.45) is 0. The third kappa shape index (κ3) is 2.96. The number of aryl methyl sites for hydroxylation is 2. The number of hydrogen-bond donors (Lipinski definition) is 1. The number of nitrogens with zero attached hydrogens (tertiary/aromatic N) is 1. The highest BCUT2D eigenvalue weighted by Gasteiger charge is 2.16. The number of nitrogens with two attached hydrogens (primary N) is 1. The summed E-state index contributed by atoms with van der Waals surface area (Å²) in [6.45, 7) is 4.84. The van der Waals surface area contributed by atoms with E-state index in [1.807, 2.05) is 0 Å². The minimum absolute atomic E-state index is 0.210. The van der Waals surface area contributed by atoms with E-state index >= 15 is 0 Å². The van der Waals surface area contributed by atoms with E-state index in [1.165, 1.54) is 22.4 Å². The van der Waals surface area contributed by atoms with Crippen molar-refractivity contribution in [3.8, 4) is 0 Å². The molecule has 1 atom stereocenters. The fourth-order valence-electron chi connectivity index (χ4n) is 2.43. The molecule has 2 N–H and O–H groups in total. The second kappa shape index (κ2) is 5.89. The van der Waals surface area contributed by atoms with Crippen molar-refractivity contribution >= 4 is 5.69 Å². The highest BCUT2D eigenvalue weighted by atomic mass is 15.1. The zero-order chi connectivity index (χ0) is 13.8. The highest BCUT2D eigenvalue weighted by Crippen LogP contribution is 2.27. The Morgan fingerprint density at radius 1 is 1.00 bits per heavy atom. The van der Waals surface area contributed by atoms with Crippen molar-refractivity contribution in [3.63, 3.8) is 0 Å². The monoisotopic (exact) mass is 254 g/mol. The molecule has 0 saturated heterocycles. The predicted molar refractivity (Wildman–Crippen MR) is 82.6 cm³/mol. The van der Waals surface area contributed by atoms with Crippen molar-refractivity contribution in [1.29, 1.82) is 0 Å². The van der Waals surface area contributed by atoms with Crippen molar-refractivity contribution in [2.75, 3.05) is 18.5 Å². The first-order chi connectivity index (χ1) is 9.13. The molecule has 0 aromatic heterocycles. The van der Waals surface area contributed by atoms with Crippen molar-refractivity contribution in [2.24, 2.45) is 5.73 Å². The van der Waals surface area contributed by atoms with Gasteiger partial charge in [0.1, 0.15) is 0 Å². The minimum atomic E-state index is 0.210. The zero-order valence-corrected chi connectivity index (χ0v) is 11.9. The molecule has 0 heterocycles. The number of para-hydroxylation sites is 1. The minimum Gasteiger partial charge on any atom is -0.366 e. The molecule has 2 nitrogen and oxygen atoms in total. The third-order valence-electron chi connectivity index (χ3n) is 3.65. The first-order valence-electron chi connectivity index (χ1n) is 6.68. The van der Waals surface area contributed by atoms with Crippen LogP contribution in [0, 0.1) is 13.8 Å². The van der Waals surface area contributed by atoms with Crippen molar-refractivity contribution in [1.82, 2.24) is 0 Å². The molecule has 2 aromatic carbocycles. The van der Waals surface area contributed by atoms with Gasteiger partial charge in [0.25, 0.3) is 0 Å². The first-order valence-corrected chi connectivity index (χ1v) is 6.68. The second-order valence-electron chi connectivity index (χ2n) is 5.06. The number of rotatable bonds is 4. The van der Waals surface area contributed by atoms with Crippen LogP contribution in [0.4, 0.5) is 5.69 Å². The largest absolute Gasteiger partial charge is 0.366 e. The Balaban J connectivity index is 2.32. The topological polar surface area (TPSA) is 29.3 Å². The van der Waals surface area contributed by atoms with Crippen LogP contribution in [0.5, 0.6) is 0 Å². The average Bonchev–Trinajstić information content (AvgIpc) is 2.42. The molecule has 0 bridgehead atoms. The van der Waals surface area contributed by atoms with Gasteiger partial charge in [-0.05, 0) is 31.0 Å². The van der Waals surface area contributed by atoms with E-state index in [4.69, 9.17) is 5.73 Å². The molecule has 0 amide bonds. The van der Waals surface area contributed by atoms with Crippen molar-refractivity contribution in [2.45, 2.75) is 19.9 Å². The maximum absolute atomic E-state index is 5.99. The summed E-state index contributed by atoms with van der Waals surface area (Å²) in [4.78, 5) is 2.26. The molecule has 19 heavy (non-hydrogen) atoms. The van der Waals surface area contributed by atoms with Crippen LogP contribution in [0.15, 0.2) is 48.5 Å². The van der Waals surface area contributed by atoms with Crippen molar-refractivity contribution in [3.05, 3.63) is 65.2 Å². The Labute approximate surface area is 115 Å². The average molecular weight is 254 g/mol. The number of benzene rings is 2. The van der Waals surface area contributed by atoms with Gasteiger partial charge in [0.2, 0.25) is 0 Å². The fraction of sp³-hybridized carbons (Fsp3) is 0.294. The van der Waals surface area contributed by atoms with Crippen LogP contribution in [-0.4, -0.2) is 13.6 Å². The smallest absolute Gasteiger partial charge is 0.0661 e. The Morgan fingerprint density at radius 2 is 1.63 bits per heavy atom. The molecule has 0 aliphatic heterocycles. The van der Waals surface area contributed by atoms with Gasteiger partial charge in [-0.3, -0.25) is 0 Å². The van der Waals surface area contributed by atoms with Gasteiger partial charge < -0.3 is 10.6 Å². The molecule has 2 rings (SSSR count). The standard InChI is InChI=1S/C17H22N2/c1-13-8-10-15(11-9-13)17(12-18)19(3)16-7-5-4-6-14(16)2/h4-11,17H,12,18H2,1-3H3. The quantitative estimate of drug-likeness (QED) is 0.905. The molecule has 0 aliphatic rings. The van der Waals surface area contributed by atoms with Crippen LogP contribution < -0.4 is 10.6 Å². The number of anilines is 1. The lowest BCUT2D eigenvalue weighted by molar-refractivity contribution is 0.679. The number of hydrogen-bond acceptors (Lipinski definition) is 2. The molecular weight excluding hydrogens is 232 g/mol. The summed E-state index contributed by atoms with van der Waals surface area (Å²) in [5, 5.41) is 0. The number of likely N-dealkylation sites (N-methyl/N-ethyl adjacent to an activating group) is 1. The van der Waals surface area contributed by atoms with Crippen LogP contribution in [0.3, 0.4) is 0 Å². The van der Waals surface area contributed by atoms with Crippen LogP contribution in [0.25, 0.3) is 0 Å². The molecule has 0 spiro atoms. The highest BCUT2D eigenvalue weighted by molar-refractivity contribution is 5.54. The van der Waals surface area contributed by atoms with Gasteiger partial charge in [-0.15, -0.1) is 0 Å². The summed E-state index contributed by atoms with van der Waals surface area (Å²) < 4.78 is 0. The van der Waals surface area contributed by atoms with Crippen LogP contribution in [0.2, 0.25) is 0 Å². The lowest BCUT2D eigenvalue weighted by Gasteiger charge is -2.30. The van der Waals surface area contributed by atoms with E-state index in [1.54, 1.807) is 0 Å². The van der Waals surface area contributed by atoms with E-state index in [2.05, 4.69) is 74.3 Å². The van der Waals surface area contributed by atoms with Crippen LogP contribution >= 0.6 is 0 Å². The third-order valence-corrected chi connectivity index (χ3v) is 3.65. The molecular formula is C17H22N2. The first kappa shape index (κ1) is 13.6. The zero-order valence-electron chi connectivity index (χ0n) is 11.9. The summed E-state index contributed by atoms with van der Waals surface area (Å²) in [6, 6.07) is 17.2. The molecule has 0 radical (unpaired) electrons. The van der Waals surface area contributed by atoms with Gasteiger partial charge in [-0.1, -0.05) is 48.0 Å². The summed E-state index contributed by atoms with van der Waals surface area (Å²) in [7, 11) is 2.11. The van der Waals surface area contributed by atoms with E-state index in [0.29, 0.717) is 6.54 Å². The normalized spacial score (nSPS) is 12.2. The SMILES string of the molecule is Cc1ccc(C(CN)N(C)c2ccccc2C)cc1. The van der Waals surface area contributed by atoms with E-state index < -0.39 is 0 Å². The van der Waals surface area contributed by atoms with Crippen LogP contribution in [0.1, 0.15) is 22.7 Å². The van der Waals surface area contributed by atoms with Crippen molar-refractivity contribution < 1.29 is 0 Å². The fourth-order valence-corrected chi connectivity index (χ4v) is 2.43. The van der Waals surface area contributed by atoms with Gasteiger partial charge in [0, 0.05) is 19.3 Å². The molecule has 2 aromatic rings. The molecule has 0 fully saturated rings. The summed E-state index contributed by atoms with van der Waals surface area (Å²) >= 11 is 0. The van der Waals surface area contributed by atoms with Gasteiger partial charge in [-0.2, -0.15) is 0 Å². The maximum Gasteiger partial charge on any atom is 0.0661 e. The Kier molecular flexibility index (Phi) is 4.23. The molecule has 0 aliphatic carbocycles. The van der Waals surface area contributed by atoms with E-state index in [-0.39, 0.29) is 6.04 Å². The summed E-state index contributed by atoms with van der Waals surface area (Å²) in [5.41, 5.74) is 11.0. The van der Waals surface area contributed by atoms with Gasteiger partial charge >= 0.3 is 0 Å². The van der Waals surface area contributed by atoms with Crippen LogP contribution in [-0.2, 0) is 0 Å². The summed E-state index contributed by atoms with van der Waals surface area (Å²) in [5.74, 6) is 0. The Hall–Kier alpha value is -1.80. The van der Waals surface area contributed by atoms with Gasteiger partial charge in [0.15, 0.2) is 0 Å². The van der Waals surface area contributed by atoms with Gasteiger partial charge in [0.05, 0.1) is 6.04 Å². The lowest BCUT2D eigenvalue weighted by Crippen LogP contribution is -2.30. The second-order valence-corrected chi connectivity index (χ2v) is 5.06. The molecule has 2 heteroatoms. The maximum atomic E-state index is 5.99. The Morgan fingerprint density at radius 3 is 2.21 bits per heavy atom. The predicted octanol–water partition coefficient (Wildman–Crippen LogP) is 3.44. The Bertz CT molecular complexity index is 531. The lowest BCUT2D eigenvalue weighted by atomic mass is 10.0. The molecule has 0 saturated carbocycles. The van der Waals surface area contributed by atoms with E-state index in [0.717, 1.165) is 0 Å².